The maximum absolute atomic E-state index is 12.3. The molecule has 6 heterocycles. The Hall–Kier alpha value is -8.99. The van der Waals surface area contributed by atoms with Gasteiger partial charge >= 0.3 is 0 Å². The third-order valence-electron chi connectivity index (χ3n) is 14.5. The van der Waals surface area contributed by atoms with E-state index in [9.17, 15) is 20.2 Å². The molecule has 0 bridgehead atoms. The van der Waals surface area contributed by atoms with Gasteiger partial charge in [0.15, 0.2) is 23.0 Å². The number of rotatable bonds is 6. The highest BCUT2D eigenvalue weighted by Crippen LogP contribution is 2.57. The second-order valence-corrected chi connectivity index (χ2v) is 24.7. The van der Waals surface area contributed by atoms with Gasteiger partial charge in [0.05, 0.1) is 32.6 Å². The van der Waals surface area contributed by atoms with Crippen molar-refractivity contribution in [3.8, 4) is 46.0 Å². The molecule has 68 heavy (non-hydrogen) atoms. The van der Waals surface area contributed by atoms with Crippen LogP contribution in [-0.2, 0) is 0 Å². The van der Waals surface area contributed by atoms with E-state index >= 15 is 0 Å². The van der Waals surface area contributed by atoms with Crippen LogP contribution in [0.3, 0.4) is 0 Å². The lowest BCUT2D eigenvalue weighted by atomic mass is 10.1. The summed E-state index contributed by atoms with van der Waals surface area (Å²) in [7, 11) is -7.34. The van der Waals surface area contributed by atoms with Gasteiger partial charge in [0.1, 0.15) is 23.0 Å². The lowest BCUT2D eigenvalue weighted by molar-refractivity contribution is -0.385. The van der Waals surface area contributed by atoms with Gasteiger partial charge in [-0.25, -0.2) is 0 Å². The summed E-state index contributed by atoms with van der Waals surface area (Å²) in [5.41, 5.74) is 5.54. The van der Waals surface area contributed by atoms with Crippen molar-refractivity contribution in [3.63, 3.8) is 0 Å². The zero-order chi connectivity index (χ0) is 45.2. The first-order chi connectivity index (χ1) is 33.4. The summed E-state index contributed by atoms with van der Waals surface area (Å²) in [5, 5.41) is 31.8. The number of non-ortho nitro benzene ring substituents is 2. The number of hydrogen-bond donors (Lipinski definition) is 0. The van der Waals surface area contributed by atoms with Crippen LogP contribution in [0.1, 0.15) is 0 Å². The molecule has 0 aromatic heterocycles. The summed E-state index contributed by atoms with van der Waals surface area (Å²) in [6, 6.07) is 58.8. The van der Waals surface area contributed by atoms with Gasteiger partial charge in [-0.1, -0.05) is 84.9 Å². The van der Waals surface area contributed by atoms with Gasteiger partial charge in [0.25, 0.3) is 11.4 Å². The van der Waals surface area contributed by atoms with Crippen molar-refractivity contribution in [3.05, 3.63) is 202 Å². The first kappa shape index (κ1) is 37.3. The molecule has 0 atom stereocenters. The van der Waals surface area contributed by atoms with Crippen molar-refractivity contribution < 1.29 is 28.8 Å². The number of para-hydroxylation sites is 2. The van der Waals surface area contributed by atoms with E-state index < -0.39 is 16.1 Å². The summed E-state index contributed by atoms with van der Waals surface area (Å²) >= 11 is 0. The molecular formula is C54H30N4O8Si2. The van der Waals surface area contributed by atoms with Gasteiger partial charge in [-0.2, -0.15) is 0 Å². The largest absolute Gasteiger partial charge is 0.453 e. The highest BCUT2D eigenvalue weighted by Gasteiger charge is 2.66. The molecule has 0 radical (unpaired) electrons. The van der Waals surface area contributed by atoms with E-state index in [2.05, 4.69) is 58.3 Å². The molecule has 0 aliphatic carbocycles. The zero-order valence-corrected chi connectivity index (χ0v) is 37.4. The Morgan fingerprint density at radius 1 is 0.338 bits per heavy atom. The standard InChI is InChI=1S/C54H30N4O8Si2/c59-57(60)33-23-27-35(28-24-33)67-49-37-15-7-19-41(49)63-45-47-54-48(46(53(45)67)64-42-20-8-16-38(50(42)67)55(37)31-11-3-1-4-12-31)66-44-22-10-18-40-52(44)68(54,36-29-25-34(26-30-36)58(61)62)51-39(17-9-21-43(51)65-47)56(40)32-13-5-2-6-14-32/h1-30H. The van der Waals surface area contributed by atoms with Crippen molar-refractivity contribution in [2.24, 2.45) is 0 Å². The van der Waals surface area contributed by atoms with Crippen molar-refractivity contribution >= 4 is 103 Å². The van der Waals surface area contributed by atoms with Gasteiger partial charge in [-0.15, -0.1) is 0 Å². The maximum Gasteiger partial charge on any atom is 0.269 e. The average Bonchev–Trinajstić information content (AvgIpc) is 3.38. The lowest BCUT2D eigenvalue weighted by Gasteiger charge is -2.53. The summed E-state index contributed by atoms with van der Waals surface area (Å²) in [5.74, 6) is 4.49. The number of nitrogens with zero attached hydrogens (tertiary/aromatic N) is 4. The topological polar surface area (TPSA) is 130 Å². The Morgan fingerprint density at radius 2 is 0.632 bits per heavy atom. The second kappa shape index (κ2) is 12.9. The van der Waals surface area contributed by atoms with E-state index in [4.69, 9.17) is 18.9 Å². The maximum atomic E-state index is 12.3. The molecule has 14 heteroatoms. The van der Waals surface area contributed by atoms with Crippen LogP contribution in [0.4, 0.5) is 45.5 Å². The van der Waals surface area contributed by atoms with Crippen LogP contribution in [-0.4, -0.2) is 26.0 Å². The Bertz CT molecular complexity index is 3390. The molecule has 0 saturated carbocycles. The monoisotopic (exact) mass is 918 g/mol. The van der Waals surface area contributed by atoms with Gasteiger partial charge < -0.3 is 28.7 Å². The zero-order valence-electron chi connectivity index (χ0n) is 35.4. The minimum absolute atomic E-state index is 0.0198. The van der Waals surface area contributed by atoms with Crippen molar-refractivity contribution in [2.45, 2.75) is 0 Å². The molecule has 0 fully saturated rings. The number of anilines is 6. The van der Waals surface area contributed by atoms with Crippen molar-refractivity contribution in [1.29, 1.82) is 0 Å². The molecular weight excluding hydrogens is 889 g/mol. The molecule has 9 aromatic rings. The van der Waals surface area contributed by atoms with E-state index in [0.717, 1.165) is 75.6 Å². The Labute approximate surface area is 388 Å². The fourth-order valence-electron chi connectivity index (χ4n) is 12.1. The van der Waals surface area contributed by atoms with Crippen LogP contribution in [0, 0.1) is 20.2 Å². The molecule has 9 aromatic carbocycles. The molecule has 0 amide bonds. The molecule has 0 saturated heterocycles. The number of hydrogen-bond acceptors (Lipinski definition) is 10. The molecule has 6 aliphatic rings. The third-order valence-corrected chi connectivity index (χ3v) is 24.3. The quantitative estimate of drug-likeness (QED) is 0.0914. The van der Waals surface area contributed by atoms with Crippen LogP contribution in [0.2, 0.25) is 0 Å². The van der Waals surface area contributed by atoms with Crippen LogP contribution in [0.15, 0.2) is 182 Å². The Morgan fingerprint density at radius 3 is 0.912 bits per heavy atom. The van der Waals surface area contributed by atoms with E-state index in [-0.39, 0.29) is 21.2 Å². The minimum Gasteiger partial charge on any atom is -0.453 e. The summed E-state index contributed by atoms with van der Waals surface area (Å²) in [4.78, 5) is 28.3. The van der Waals surface area contributed by atoms with Crippen LogP contribution >= 0.6 is 0 Å². The van der Waals surface area contributed by atoms with Crippen molar-refractivity contribution in [1.82, 2.24) is 0 Å². The summed E-state index contributed by atoms with van der Waals surface area (Å²) in [6.07, 6.45) is 0. The van der Waals surface area contributed by atoms with Crippen LogP contribution in [0.25, 0.3) is 0 Å². The Kier molecular flexibility index (Phi) is 7.06. The second-order valence-electron chi connectivity index (χ2n) is 17.5. The van der Waals surface area contributed by atoms with Crippen LogP contribution < -0.4 is 70.2 Å². The summed E-state index contributed by atoms with van der Waals surface area (Å²) < 4.78 is 29.8. The molecule has 0 N–H and O–H groups in total. The minimum atomic E-state index is -3.67. The number of nitro benzene ring substituents is 2. The first-order valence-electron chi connectivity index (χ1n) is 22.1. The van der Waals surface area contributed by atoms with E-state index in [1.54, 1.807) is 24.3 Å². The average molecular weight is 919 g/mol. The smallest absolute Gasteiger partial charge is 0.269 e. The first-order valence-corrected chi connectivity index (χ1v) is 26.1. The molecule has 0 unspecified atom stereocenters. The van der Waals surface area contributed by atoms with Gasteiger partial charge in [0.2, 0.25) is 16.1 Å². The highest BCUT2D eigenvalue weighted by atomic mass is 28.3. The van der Waals surface area contributed by atoms with Crippen LogP contribution in [0.5, 0.6) is 46.0 Å². The molecule has 0 spiro atoms. The highest BCUT2D eigenvalue weighted by molar-refractivity contribution is 7.25. The fourth-order valence-corrected chi connectivity index (χ4v) is 23.0. The SMILES string of the molecule is O=[N+]([O-])c1ccc([Si]23c4c5cccc4N(c4ccccc4)c4cccc(c42)Oc2c4c6c(c(c23)O5)Oc2cccc3c2[Si]6(c2ccc([N+](=O)[O-])cc2)c2c(cccc2N3c2ccccc2)O4)cc1. The van der Waals surface area contributed by atoms with Gasteiger partial charge in [-0.3, -0.25) is 20.2 Å². The van der Waals surface area contributed by atoms with E-state index in [0.29, 0.717) is 46.0 Å². The molecule has 12 nitrogen and oxygen atoms in total. The lowest BCUT2D eigenvalue weighted by Crippen LogP contribution is -2.82. The summed E-state index contributed by atoms with van der Waals surface area (Å²) in [6.45, 7) is 0. The number of nitro groups is 2. The third kappa shape index (κ3) is 4.34. The molecule has 15 rings (SSSR count). The van der Waals surface area contributed by atoms with Gasteiger partial charge in [-0.05, 0) is 83.2 Å². The number of benzene rings is 9. The van der Waals surface area contributed by atoms with Gasteiger partial charge in [0, 0.05) is 66.8 Å². The predicted molar refractivity (Wildman–Crippen MR) is 264 cm³/mol. The van der Waals surface area contributed by atoms with Crippen molar-refractivity contribution in [2.75, 3.05) is 9.80 Å². The molecule has 6 aliphatic heterocycles. The Balaban J connectivity index is 1.12. The van der Waals surface area contributed by atoms with E-state index in [1.807, 2.05) is 109 Å². The predicted octanol–water partition coefficient (Wildman–Crippen LogP) is 8.25. The molecule has 322 valence electrons. The fraction of sp³-hybridized carbons (Fsp3) is 0. The number of fused-ring (bicyclic) bond motifs is 2. The number of ether oxygens (including phenoxy) is 4. The van der Waals surface area contributed by atoms with E-state index in [1.165, 1.54) is 0 Å². The normalized spacial score (nSPS) is 15.4.